The fourth-order valence-corrected chi connectivity index (χ4v) is 6.46. The molecule has 30 heavy (non-hydrogen) atoms. The van der Waals surface area contributed by atoms with Crippen LogP contribution >= 0.6 is 0 Å². The third-order valence-electron chi connectivity index (χ3n) is 8.87. The molecule has 3 aliphatic carbocycles. The van der Waals surface area contributed by atoms with E-state index in [-0.39, 0.29) is 24.0 Å². The van der Waals surface area contributed by atoms with Crippen LogP contribution in [0.25, 0.3) is 0 Å². The molecule has 0 aromatic carbocycles. The highest BCUT2D eigenvalue weighted by atomic mass is 16.3. The van der Waals surface area contributed by atoms with E-state index in [1.165, 1.54) is 43.2 Å². The van der Waals surface area contributed by atoms with E-state index >= 15 is 0 Å². The van der Waals surface area contributed by atoms with Crippen LogP contribution in [0.15, 0.2) is 36.7 Å². The minimum Gasteiger partial charge on any atom is -0.396 e. The topological polar surface area (TPSA) is 65.4 Å². The minimum atomic E-state index is -0.199. The third kappa shape index (κ3) is 4.81. The van der Waals surface area contributed by atoms with E-state index in [1.807, 2.05) is 19.2 Å². The zero-order valence-electron chi connectivity index (χ0n) is 19.2. The van der Waals surface area contributed by atoms with Crippen molar-refractivity contribution in [1.29, 1.82) is 0 Å². The molecule has 168 valence electrons. The van der Waals surface area contributed by atoms with E-state index in [9.17, 15) is 10.2 Å². The van der Waals surface area contributed by atoms with Crippen LogP contribution in [0.3, 0.4) is 0 Å². The molecule has 0 bridgehead atoms. The quantitative estimate of drug-likeness (QED) is 0.624. The Morgan fingerprint density at radius 2 is 1.83 bits per heavy atom. The predicted octanol–water partition coefficient (Wildman–Crippen LogP) is 4.72. The van der Waals surface area contributed by atoms with Gasteiger partial charge in [0.1, 0.15) is 0 Å². The molecule has 3 aliphatic rings. The lowest BCUT2D eigenvalue weighted by atomic mass is 9.53. The predicted molar refractivity (Wildman–Crippen MR) is 123 cm³/mol. The molecular formula is C26H42N2O2. The Kier molecular flexibility index (Phi) is 7.76. The zero-order valence-corrected chi connectivity index (χ0v) is 19.2. The zero-order chi connectivity index (χ0) is 21.8. The lowest BCUT2D eigenvalue weighted by Gasteiger charge is -2.52. The highest BCUT2D eigenvalue weighted by Crippen LogP contribution is 2.61. The van der Waals surface area contributed by atoms with E-state index in [4.69, 9.17) is 0 Å². The van der Waals surface area contributed by atoms with Gasteiger partial charge in [-0.25, -0.2) is 0 Å². The molecule has 6 unspecified atom stereocenters. The number of allylic oxidation sites excluding steroid dienone is 1. The standard InChI is InChI=1S/C19H32O2.C7H10N2/c1-13-4-5-14-10-15(6-8-18(13,14)2)19(3)9-7-17(21)11-16(19)12-20;1-8-6-7-2-4-9-5-3-7/h14-17,20-21H,1,4-12H2,2-3H3;2-5,8H,6H2,1H3. The van der Waals surface area contributed by atoms with Crippen LogP contribution in [0.5, 0.6) is 0 Å². The number of fused-ring (bicyclic) bond motifs is 1. The van der Waals surface area contributed by atoms with Crippen LogP contribution in [-0.4, -0.2) is 35.0 Å². The Labute approximate surface area is 183 Å². The number of nitrogens with zero attached hydrogens (tertiary/aromatic N) is 1. The van der Waals surface area contributed by atoms with E-state index in [0.29, 0.717) is 11.3 Å². The van der Waals surface area contributed by atoms with Gasteiger partial charge in [0.2, 0.25) is 0 Å². The summed E-state index contributed by atoms with van der Waals surface area (Å²) in [6, 6.07) is 3.99. The Morgan fingerprint density at radius 3 is 2.50 bits per heavy atom. The molecule has 4 heteroatoms. The largest absolute Gasteiger partial charge is 0.396 e. The summed E-state index contributed by atoms with van der Waals surface area (Å²) in [7, 11) is 1.93. The number of hydrogen-bond acceptors (Lipinski definition) is 4. The SMILES string of the molecule is C=C1CCC2CC(C3(C)CCC(O)CC3CO)CCC12C.CNCc1ccncc1. The average Bonchev–Trinajstić information content (AvgIpc) is 3.05. The van der Waals surface area contributed by atoms with Crippen LogP contribution in [-0.2, 0) is 6.54 Å². The second kappa shape index (κ2) is 9.93. The monoisotopic (exact) mass is 414 g/mol. The summed E-state index contributed by atoms with van der Waals surface area (Å²) in [4.78, 5) is 3.90. The van der Waals surface area contributed by atoms with Crippen molar-refractivity contribution in [3.63, 3.8) is 0 Å². The molecule has 3 saturated carbocycles. The maximum absolute atomic E-state index is 9.94. The lowest BCUT2D eigenvalue weighted by molar-refractivity contribution is -0.0661. The summed E-state index contributed by atoms with van der Waals surface area (Å²) < 4.78 is 0. The number of aromatic nitrogens is 1. The first-order chi connectivity index (χ1) is 14.3. The number of nitrogens with one attached hydrogen (secondary N) is 1. The van der Waals surface area contributed by atoms with Gasteiger partial charge in [-0.2, -0.15) is 0 Å². The van der Waals surface area contributed by atoms with Crippen LogP contribution in [0.4, 0.5) is 0 Å². The minimum absolute atomic E-state index is 0.199. The normalized spacial score (nSPS) is 38.5. The Hall–Kier alpha value is -1.23. The molecular weight excluding hydrogens is 372 g/mol. The summed E-state index contributed by atoms with van der Waals surface area (Å²) in [5, 5.41) is 22.8. The first-order valence-corrected chi connectivity index (χ1v) is 11.8. The first-order valence-electron chi connectivity index (χ1n) is 11.8. The van der Waals surface area contributed by atoms with Crippen molar-refractivity contribution >= 4 is 0 Å². The smallest absolute Gasteiger partial charge is 0.0544 e. The second-order valence-corrected chi connectivity index (χ2v) is 10.4. The molecule has 1 aromatic heterocycles. The molecule has 4 nitrogen and oxygen atoms in total. The van der Waals surface area contributed by atoms with Crippen molar-refractivity contribution in [3.05, 3.63) is 42.2 Å². The molecule has 0 amide bonds. The third-order valence-corrected chi connectivity index (χ3v) is 8.87. The van der Waals surface area contributed by atoms with Crippen molar-refractivity contribution in [3.8, 4) is 0 Å². The van der Waals surface area contributed by atoms with Crippen LogP contribution < -0.4 is 5.32 Å². The van der Waals surface area contributed by atoms with E-state index < -0.39 is 0 Å². The Balaban J connectivity index is 0.000000239. The fourth-order valence-electron chi connectivity index (χ4n) is 6.46. The fraction of sp³-hybridized carbons (Fsp3) is 0.731. The van der Waals surface area contributed by atoms with Gasteiger partial charge in [0, 0.05) is 25.5 Å². The average molecular weight is 415 g/mol. The Morgan fingerprint density at radius 1 is 1.10 bits per heavy atom. The van der Waals surface area contributed by atoms with Crippen molar-refractivity contribution in [2.24, 2.45) is 28.6 Å². The summed E-state index contributed by atoms with van der Waals surface area (Å²) in [6.45, 7) is 10.3. The van der Waals surface area contributed by atoms with Gasteiger partial charge in [0.15, 0.2) is 0 Å². The number of rotatable bonds is 4. The number of aliphatic hydroxyl groups excluding tert-OH is 2. The molecule has 0 spiro atoms. The van der Waals surface area contributed by atoms with Crippen LogP contribution in [0, 0.1) is 28.6 Å². The highest BCUT2D eigenvalue weighted by Gasteiger charge is 2.51. The number of hydrogen-bond donors (Lipinski definition) is 3. The molecule has 3 N–H and O–H groups in total. The lowest BCUT2D eigenvalue weighted by Crippen LogP contribution is -2.46. The van der Waals surface area contributed by atoms with E-state index in [1.54, 1.807) is 12.4 Å². The number of pyridine rings is 1. The molecule has 0 radical (unpaired) electrons. The van der Waals surface area contributed by atoms with Gasteiger partial charge < -0.3 is 15.5 Å². The van der Waals surface area contributed by atoms with Gasteiger partial charge in [-0.15, -0.1) is 0 Å². The van der Waals surface area contributed by atoms with Gasteiger partial charge in [-0.1, -0.05) is 26.0 Å². The Bertz CT molecular complexity index is 694. The maximum Gasteiger partial charge on any atom is 0.0544 e. The van der Waals surface area contributed by atoms with E-state index in [2.05, 4.69) is 30.7 Å². The molecule has 4 rings (SSSR count). The van der Waals surface area contributed by atoms with Crippen LogP contribution in [0.2, 0.25) is 0 Å². The van der Waals surface area contributed by atoms with Crippen molar-refractivity contribution in [1.82, 2.24) is 10.3 Å². The van der Waals surface area contributed by atoms with Gasteiger partial charge >= 0.3 is 0 Å². The highest BCUT2D eigenvalue weighted by molar-refractivity contribution is 5.19. The van der Waals surface area contributed by atoms with Gasteiger partial charge in [0.25, 0.3) is 0 Å². The molecule has 0 aliphatic heterocycles. The van der Waals surface area contributed by atoms with E-state index in [0.717, 1.165) is 31.7 Å². The van der Waals surface area contributed by atoms with Crippen molar-refractivity contribution in [2.45, 2.75) is 77.9 Å². The molecule has 0 saturated heterocycles. The molecule has 1 heterocycles. The molecule has 3 fully saturated rings. The first kappa shape index (κ1) is 23.4. The van der Waals surface area contributed by atoms with Crippen molar-refractivity contribution in [2.75, 3.05) is 13.7 Å². The van der Waals surface area contributed by atoms with Crippen molar-refractivity contribution < 1.29 is 10.2 Å². The summed E-state index contributed by atoms with van der Waals surface area (Å²) in [5.74, 6) is 1.79. The summed E-state index contributed by atoms with van der Waals surface area (Å²) in [5.41, 5.74) is 3.36. The van der Waals surface area contributed by atoms with Gasteiger partial charge in [-0.3, -0.25) is 4.98 Å². The maximum atomic E-state index is 9.94. The number of aliphatic hydroxyl groups is 2. The van der Waals surface area contributed by atoms with Gasteiger partial charge in [-0.05, 0) is 105 Å². The van der Waals surface area contributed by atoms with Crippen LogP contribution in [0.1, 0.15) is 70.8 Å². The summed E-state index contributed by atoms with van der Waals surface area (Å²) >= 11 is 0. The van der Waals surface area contributed by atoms with Gasteiger partial charge in [0.05, 0.1) is 6.10 Å². The molecule has 1 aromatic rings. The summed E-state index contributed by atoms with van der Waals surface area (Å²) in [6.07, 6.45) is 12.6. The molecule has 6 atom stereocenters. The second-order valence-electron chi connectivity index (χ2n) is 10.4.